The molecule has 0 aliphatic heterocycles. The van der Waals surface area contributed by atoms with Crippen molar-refractivity contribution in [1.82, 2.24) is 4.90 Å². The molecular formula is C20H20Cl3N3O2. The zero-order valence-corrected chi connectivity index (χ0v) is 17.9. The third-order valence-corrected chi connectivity index (χ3v) is 5.08. The van der Waals surface area contributed by atoms with Crippen LogP contribution in [0.2, 0.25) is 15.1 Å². The SMILES string of the molecule is CO/C(=C/N=C/Nc1cccc(Cl)c1C)C(=O)N(C)Cc1ccc(Cl)c(Cl)c1. The topological polar surface area (TPSA) is 53.9 Å². The highest BCUT2D eigenvalue weighted by Gasteiger charge is 2.16. The summed E-state index contributed by atoms with van der Waals surface area (Å²) in [6.45, 7) is 2.25. The Labute approximate surface area is 179 Å². The maximum absolute atomic E-state index is 12.6. The molecule has 0 aliphatic rings. The molecule has 0 unspecified atom stereocenters. The fourth-order valence-electron chi connectivity index (χ4n) is 2.34. The molecule has 2 rings (SSSR count). The minimum Gasteiger partial charge on any atom is -0.490 e. The van der Waals surface area contributed by atoms with E-state index in [0.29, 0.717) is 21.6 Å². The first-order valence-corrected chi connectivity index (χ1v) is 9.43. The second-order valence-corrected chi connectivity index (χ2v) is 7.16. The highest BCUT2D eigenvalue weighted by Crippen LogP contribution is 2.24. The summed E-state index contributed by atoms with van der Waals surface area (Å²) in [5, 5.41) is 4.59. The lowest BCUT2D eigenvalue weighted by Crippen LogP contribution is -2.28. The number of nitrogens with one attached hydrogen (secondary N) is 1. The van der Waals surface area contributed by atoms with E-state index >= 15 is 0 Å². The molecule has 0 radical (unpaired) electrons. The molecule has 0 aliphatic carbocycles. The van der Waals surface area contributed by atoms with Crippen LogP contribution in [-0.2, 0) is 16.1 Å². The van der Waals surface area contributed by atoms with E-state index in [0.717, 1.165) is 16.8 Å². The minimum absolute atomic E-state index is 0.100. The molecule has 148 valence electrons. The predicted octanol–water partition coefficient (Wildman–Crippen LogP) is 5.54. The summed E-state index contributed by atoms with van der Waals surface area (Å²) in [6, 6.07) is 10.7. The van der Waals surface area contributed by atoms with Crippen molar-refractivity contribution in [3.05, 3.63) is 74.6 Å². The van der Waals surface area contributed by atoms with E-state index in [1.807, 2.05) is 31.2 Å². The molecule has 0 saturated carbocycles. The Morgan fingerprint density at radius 2 is 1.93 bits per heavy atom. The lowest BCUT2D eigenvalue weighted by molar-refractivity contribution is -0.129. The van der Waals surface area contributed by atoms with Crippen LogP contribution in [0.25, 0.3) is 0 Å². The number of amides is 1. The number of hydrogen-bond acceptors (Lipinski definition) is 3. The van der Waals surface area contributed by atoms with Crippen LogP contribution in [-0.4, -0.2) is 31.3 Å². The van der Waals surface area contributed by atoms with Crippen LogP contribution >= 0.6 is 34.8 Å². The van der Waals surface area contributed by atoms with E-state index in [4.69, 9.17) is 39.5 Å². The normalized spacial score (nSPS) is 11.6. The molecule has 0 heterocycles. The Morgan fingerprint density at radius 1 is 1.18 bits per heavy atom. The number of benzene rings is 2. The largest absolute Gasteiger partial charge is 0.490 e. The van der Waals surface area contributed by atoms with Gasteiger partial charge in [-0.2, -0.15) is 0 Å². The number of likely N-dealkylation sites (N-methyl/N-ethyl adjacent to an activating group) is 1. The Bertz CT molecular complexity index is 914. The maximum Gasteiger partial charge on any atom is 0.290 e. The Morgan fingerprint density at radius 3 is 2.61 bits per heavy atom. The lowest BCUT2D eigenvalue weighted by Gasteiger charge is -2.18. The fraction of sp³-hybridized carbons (Fsp3) is 0.200. The van der Waals surface area contributed by atoms with Crippen molar-refractivity contribution in [2.24, 2.45) is 4.99 Å². The summed E-state index contributed by atoms with van der Waals surface area (Å²) in [5.41, 5.74) is 2.58. The quantitative estimate of drug-likeness (QED) is 0.266. The predicted molar refractivity (Wildman–Crippen MR) is 116 cm³/mol. The first-order chi connectivity index (χ1) is 13.3. The van der Waals surface area contributed by atoms with Gasteiger partial charge in [0.2, 0.25) is 5.76 Å². The van der Waals surface area contributed by atoms with Crippen molar-refractivity contribution in [2.75, 3.05) is 19.5 Å². The maximum atomic E-state index is 12.6. The number of rotatable bonds is 7. The zero-order chi connectivity index (χ0) is 20.7. The molecule has 5 nitrogen and oxygen atoms in total. The van der Waals surface area contributed by atoms with Crippen molar-refractivity contribution < 1.29 is 9.53 Å². The van der Waals surface area contributed by atoms with Crippen molar-refractivity contribution >= 4 is 52.7 Å². The van der Waals surface area contributed by atoms with Gasteiger partial charge < -0.3 is 15.0 Å². The lowest BCUT2D eigenvalue weighted by atomic mass is 10.2. The second-order valence-electron chi connectivity index (χ2n) is 5.94. The third-order valence-electron chi connectivity index (χ3n) is 3.94. The summed E-state index contributed by atoms with van der Waals surface area (Å²) in [5.74, 6) is -0.215. The van der Waals surface area contributed by atoms with E-state index in [2.05, 4.69) is 10.3 Å². The number of aliphatic imine (C=N–C) groups is 1. The van der Waals surface area contributed by atoms with Crippen LogP contribution in [0.4, 0.5) is 5.69 Å². The van der Waals surface area contributed by atoms with Gasteiger partial charge in [0.05, 0.1) is 29.7 Å². The number of anilines is 1. The summed E-state index contributed by atoms with van der Waals surface area (Å²) >= 11 is 18.0. The van der Waals surface area contributed by atoms with Gasteiger partial charge in [0.15, 0.2) is 0 Å². The number of carbonyl (C=O) groups is 1. The first-order valence-electron chi connectivity index (χ1n) is 8.30. The number of methoxy groups -OCH3 is 1. The second kappa shape index (κ2) is 10.4. The van der Waals surface area contributed by atoms with Gasteiger partial charge in [0, 0.05) is 24.3 Å². The average molecular weight is 441 g/mol. The van der Waals surface area contributed by atoms with Gasteiger partial charge in [-0.15, -0.1) is 0 Å². The highest BCUT2D eigenvalue weighted by atomic mass is 35.5. The van der Waals surface area contributed by atoms with E-state index in [1.165, 1.54) is 24.5 Å². The molecule has 0 saturated heterocycles. The summed E-state index contributed by atoms with van der Waals surface area (Å²) in [6.07, 6.45) is 2.81. The van der Waals surface area contributed by atoms with Gasteiger partial charge in [-0.3, -0.25) is 4.79 Å². The molecule has 2 aromatic carbocycles. The molecule has 2 aromatic rings. The average Bonchev–Trinajstić information content (AvgIpc) is 2.67. The number of nitrogens with zero attached hydrogens (tertiary/aromatic N) is 2. The molecule has 0 spiro atoms. The third kappa shape index (κ3) is 5.89. The molecular weight excluding hydrogens is 421 g/mol. The van der Waals surface area contributed by atoms with Crippen LogP contribution < -0.4 is 5.32 Å². The molecule has 0 bridgehead atoms. The molecule has 28 heavy (non-hydrogen) atoms. The van der Waals surface area contributed by atoms with E-state index in [9.17, 15) is 4.79 Å². The van der Waals surface area contributed by atoms with Crippen LogP contribution in [0, 0.1) is 6.92 Å². The molecule has 0 atom stereocenters. The van der Waals surface area contributed by atoms with Crippen LogP contribution in [0.15, 0.2) is 53.3 Å². The molecule has 0 aromatic heterocycles. The van der Waals surface area contributed by atoms with Gasteiger partial charge in [-0.1, -0.05) is 46.9 Å². The number of carbonyl (C=O) groups excluding carboxylic acids is 1. The molecule has 0 fully saturated rings. The van der Waals surface area contributed by atoms with Gasteiger partial charge in [-0.25, -0.2) is 4.99 Å². The van der Waals surface area contributed by atoms with Crippen molar-refractivity contribution in [3.8, 4) is 0 Å². The summed E-state index contributed by atoms with van der Waals surface area (Å²) in [4.78, 5) is 18.1. The summed E-state index contributed by atoms with van der Waals surface area (Å²) in [7, 11) is 3.08. The Kier molecular flexibility index (Phi) is 8.18. The molecule has 1 N–H and O–H groups in total. The van der Waals surface area contributed by atoms with E-state index in [1.54, 1.807) is 19.2 Å². The van der Waals surface area contributed by atoms with Crippen molar-refractivity contribution in [1.29, 1.82) is 0 Å². The van der Waals surface area contributed by atoms with Gasteiger partial charge in [0.1, 0.15) is 0 Å². The minimum atomic E-state index is -0.315. The zero-order valence-electron chi connectivity index (χ0n) is 15.7. The Balaban J connectivity index is 2.02. The standard InChI is InChI=1S/C20H20Cl3N3O2/c1-13-15(21)5-4-6-18(13)25-12-24-10-19(28-3)20(27)26(2)11-14-7-8-16(22)17(23)9-14/h4-10,12H,11H2,1-3H3,(H,24,25)/b19-10+. The van der Waals surface area contributed by atoms with Gasteiger partial charge in [-0.05, 0) is 42.3 Å². The molecule has 1 amide bonds. The smallest absolute Gasteiger partial charge is 0.290 e. The monoisotopic (exact) mass is 439 g/mol. The highest BCUT2D eigenvalue weighted by molar-refractivity contribution is 6.42. The van der Waals surface area contributed by atoms with Gasteiger partial charge in [0.25, 0.3) is 5.91 Å². The number of hydrogen-bond donors (Lipinski definition) is 1. The Hall–Kier alpha value is -2.21. The van der Waals surface area contributed by atoms with E-state index < -0.39 is 0 Å². The first kappa shape index (κ1) is 22.1. The number of ether oxygens (including phenoxy) is 1. The van der Waals surface area contributed by atoms with E-state index in [-0.39, 0.29) is 11.7 Å². The summed E-state index contributed by atoms with van der Waals surface area (Å²) < 4.78 is 5.17. The van der Waals surface area contributed by atoms with Gasteiger partial charge >= 0.3 is 0 Å². The van der Waals surface area contributed by atoms with Crippen LogP contribution in [0.5, 0.6) is 0 Å². The fourth-order valence-corrected chi connectivity index (χ4v) is 2.84. The van der Waals surface area contributed by atoms with Crippen molar-refractivity contribution in [3.63, 3.8) is 0 Å². The van der Waals surface area contributed by atoms with Crippen molar-refractivity contribution in [2.45, 2.75) is 13.5 Å². The van der Waals surface area contributed by atoms with Crippen LogP contribution in [0.1, 0.15) is 11.1 Å². The van der Waals surface area contributed by atoms with Crippen LogP contribution in [0.3, 0.4) is 0 Å². The number of halogens is 3. The molecule has 8 heteroatoms.